The van der Waals surface area contributed by atoms with Gasteiger partial charge in [0.2, 0.25) is 0 Å². The molecule has 176 valence electrons. The largest absolute Gasteiger partial charge is 0.385 e. The number of methoxy groups -OCH3 is 1. The number of nitrogens with zero attached hydrogens (tertiary/aromatic N) is 1. The fraction of sp³-hybridized carbons (Fsp3) is 0.259. The third-order valence-electron chi connectivity index (χ3n) is 5.92. The molecule has 1 unspecified atom stereocenters. The number of aryl methyl sites for hydroxylation is 2. The van der Waals surface area contributed by atoms with Gasteiger partial charge >= 0.3 is 0 Å². The van der Waals surface area contributed by atoms with Gasteiger partial charge in [0, 0.05) is 25.8 Å². The molecule has 0 radical (unpaired) electrons. The van der Waals surface area contributed by atoms with Crippen LogP contribution in [-0.2, 0) is 22.1 Å². The van der Waals surface area contributed by atoms with Crippen LogP contribution in [0, 0.1) is 13.8 Å². The van der Waals surface area contributed by atoms with Gasteiger partial charge in [0.05, 0.1) is 38.4 Å². The van der Waals surface area contributed by atoms with Crippen LogP contribution in [0.25, 0.3) is 0 Å². The third kappa shape index (κ3) is 4.81. The number of carbonyl (C=O) groups excluding carboxylic acids is 2. The van der Waals surface area contributed by atoms with Crippen LogP contribution >= 0.6 is 0 Å². The maximum atomic E-state index is 13.7. The van der Waals surface area contributed by atoms with E-state index in [4.69, 9.17) is 4.74 Å². The molecule has 34 heavy (non-hydrogen) atoms. The molecule has 0 fully saturated rings. The SMILES string of the molecule is COCCCNC(=O)c1ccc2c(c1)N(Cc1cc(C)ccc1C)C(=O)c1ccccc1S2=O. The Hall–Kier alpha value is -3.29. The molecule has 1 heterocycles. The van der Waals surface area contributed by atoms with Crippen LogP contribution in [-0.4, -0.2) is 36.3 Å². The normalized spacial score (nSPS) is 14.9. The first kappa shape index (κ1) is 23.9. The predicted octanol–water partition coefficient (Wildman–Crippen LogP) is 4.40. The molecule has 1 aliphatic rings. The van der Waals surface area contributed by atoms with Gasteiger partial charge in [0.15, 0.2) is 0 Å². The van der Waals surface area contributed by atoms with E-state index in [2.05, 4.69) is 11.4 Å². The molecule has 0 spiro atoms. The first-order valence-corrected chi connectivity index (χ1v) is 12.4. The number of amides is 2. The van der Waals surface area contributed by atoms with E-state index in [1.54, 1.807) is 54.5 Å². The molecule has 3 aromatic rings. The highest BCUT2D eigenvalue weighted by molar-refractivity contribution is 7.85. The summed E-state index contributed by atoms with van der Waals surface area (Å²) in [6.07, 6.45) is 0.698. The minimum Gasteiger partial charge on any atom is -0.385 e. The maximum absolute atomic E-state index is 13.7. The molecular formula is C27H28N2O4S. The second-order valence-electron chi connectivity index (χ2n) is 8.37. The summed E-state index contributed by atoms with van der Waals surface area (Å²) in [6.45, 7) is 5.36. The molecule has 1 atom stereocenters. The van der Waals surface area contributed by atoms with E-state index in [-0.39, 0.29) is 11.8 Å². The lowest BCUT2D eigenvalue weighted by atomic mass is 10.0. The highest BCUT2D eigenvalue weighted by atomic mass is 32.2. The molecule has 0 aromatic heterocycles. The summed E-state index contributed by atoms with van der Waals surface area (Å²) in [5, 5.41) is 2.88. The average molecular weight is 477 g/mol. The zero-order valence-corrected chi connectivity index (χ0v) is 20.4. The van der Waals surface area contributed by atoms with Crippen molar-refractivity contribution in [2.45, 2.75) is 36.6 Å². The zero-order chi connectivity index (χ0) is 24.2. The summed E-state index contributed by atoms with van der Waals surface area (Å²) in [6, 6.07) is 18.2. The molecule has 3 aromatic carbocycles. The van der Waals surface area contributed by atoms with Crippen molar-refractivity contribution in [1.29, 1.82) is 0 Å². The summed E-state index contributed by atoms with van der Waals surface area (Å²) in [4.78, 5) is 29.2. The van der Waals surface area contributed by atoms with Crippen LogP contribution in [0.15, 0.2) is 70.5 Å². The summed E-state index contributed by atoms with van der Waals surface area (Å²) in [7, 11) is 0.0622. The highest BCUT2D eigenvalue weighted by Gasteiger charge is 2.31. The molecular weight excluding hydrogens is 448 g/mol. The van der Waals surface area contributed by atoms with Gasteiger partial charge in [-0.3, -0.25) is 9.59 Å². The fourth-order valence-corrected chi connectivity index (χ4v) is 5.37. The number of rotatable bonds is 7. The van der Waals surface area contributed by atoms with Gasteiger partial charge in [-0.05, 0) is 61.7 Å². The van der Waals surface area contributed by atoms with Crippen molar-refractivity contribution in [2.24, 2.45) is 0 Å². The Morgan fingerprint density at radius 1 is 1.03 bits per heavy atom. The van der Waals surface area contributed by atoms with Crippen molar-refractivity contribution >= 4 is 28.3 Å². The van der Waals surface area contributed by atoms with Gasteiger partial charge < -0.3 is 15.0 Å². The molecule has 0 saturated carbocycles. The molecule has 6 nitrogen and oxygen atoms in total. The van der Waals surface area contributed by atoms with E-state index >= 15 is 0 Å². The standard InChI is InChI=1S/C27H28N2O4S/c1-18-9-10-19(2)21(15-18)17-29-23-16-20(26(30)28-13-6-14-33-3)11-12-25(23)34(32)24-8-5-4-7-22(24)27(29)31/h4-5,7-12,15-16H,6,13-14,17H2,1-3H3,(H,28,30). The topological polar surface area (TPSA) is 75.7 Å². The summed E-state index contributed by atoms with van der Waals surface area (Å²) < 4.78 is 18.6. The average Bonchev–Trinajstić information content (AvgIpc) is 2.93. The third-order valence-corrected chi connectivity index (χ3v) is 7.42. The number of nitrogens with one attached hydrogen (secondary N) is 1. The Morgan fingerprint density at radius 3 is 2.62 bits per heavy atom. The highest BCUT2D eigenvalue weighted by Crippen LogP contribution is 2.36. The van der Waals surface area contributed by atoms with Gasteiger partial charge in [-0.2, -0.15) is 0 Å². The Kier molecular flexibility index (Phi) is 7.24. The quantitative estimate of drug-likeness (QED) is 0.513. The van der Waals surface area contributed by atoms with Crippen molar-refractivity contribution < 1.29 is 18.5 Å². The maximum Gasteiger partial charge on any atom is 0.259 e. The van der Waals surface area contributed by atoms with E-state index in [9.17, 15) is 13.8 Å². The number of ether oxygens (including phenoxy) is 1. The number of anilines is 1. The van der Waals surface area contributed by atoms with Crippen molar-refractivity contribution in [3.8, 4) is 0 Å². The van der Waals surface area contributed by atoms with E-state index in [0.29, 0.717) is 52.7 Å². The Labute approximate surface area is 202 Å². The smallest absolute Gasteiger partial charge is 0.259 e. The summed E-state index contributed by atoms with van der Waals surface area (Å²) in [5.41, 5.74) is 4.47. The van der Waals surface area contributed by atoms with Crippen molar-refractivity contribution in [2.75, 3.05) is 25.2 Å². The summed E-state index contributed by atoms with van der Waals surface area (Å²) >= 11 is 0. The van der Waals surface area contributed by atoms with E-state index in [0.717, 1.165) is 16.7 Å². The lowest BCUT2D eigenvalue weighted by molar-refractivity contribution is 0.0945. The van der Waals surface area contributed by atoms with Gasteiger partial charge in [0.25, 0.3) is 11.8 Å². The number of carbonyl (C=O) groups is 2. The molecule has 2 amide bonds. The molecule has 7 heteroatoms. The van der Waals surface area contributed by atoms with Crippen LogP contribution in [0.1, 0.15) is 43.8 Å². The molecule has 0 aliphatic carbocycles. The number of hydrogen-bond donors (Lipinski definition) is 1. The number of fused-ring (bicyclic) bond motifs is 2. The first-order chi connectivity index (χ1) is 16.4. The van der Waals surface area contributed by atoms with E-state index in [1.165, 1.54) is 0 Å². The Morgan fingerprint density at radius 2 is 1.82 bits per heavy atom. The monoisotopic (exact) mass is 476 g/mol. The Bertz CT molecular complexity index is 1270. The lowest BCUT2D eigenvalue weighted by Gasteiger charge is -2.24. The molecule has 0 saturated heterocycles. The molecule has 4 rings (SSSR count). The lowest BCUT2D eigenvalue weighted by Crippen LogP contribution is -2.31. The van der Waals surface area contributed by atoms with Crippen LogP contribution in [0.4, 0.5) is 5.69 Å². The Balaban J connectivity index is 1.79. The van der Waals surface area contributed by atoms with Crippen LogP contribution in [0.2, 0.25) is 0 Å². The van der Waals surface area contributed by atoms with Gasteiger partial charge in [-0.1, -0.05) is 35.9 Å². The zero-order valence-electron chi connectivity index (χ0n) is 19.6. The molecule has 0 bridgehead atoms. The molecule has 1 N–H and O–H groups in total. The first-order valence-electron chi connectivity index (χ1n) is 11.2. The second kappa shape index (κ2) is 10.3. The van der Waals surface area contributed by atoms with Crippen molar-refractivity contribution in [3.05, 3.63) is 88.5 Å². The number of benzene rings is 3. The van der Waals surface area contributed by atoms with Crippen molar-refractivity contribution in [3.63, 3.8) is 0 Å². The summed E-state index contributed by atoms with van der Waals surface area (Å²) in [5.74, 6) is -0.480. The van der Waals surface area contributed by atoms with Crippen molar-refractivity contribution in [1.82, 2.24) is 5.32 Å². The predicted molar refractivity (Wildman–Crippen MR) is 133 cm³/mol. The van der Waals surface area contributed by atoms with Gasteiger partial charge in [0.1, 0.15) is 0 Å². The van der Waals surface area contributed by atoms with E-state index in [1.807, 2.05) is 26.0 Å². The van der Waals surface area contributed by atoms with E-state index < -0.39 is 10.8 Å². The van der Waals surface area contributed by atoms with Gasteiger partial charge in [-0.15, -0.1) is 0 Å². The van der Waals surface area contributed by atoms with Gasteiger partial charge in [-0.25, -0.2) is 4.21 Å². The fourth-order valence-electron chi connectivity index (χ4n) is 4.02. The molecule has 1 aliphatic heterocycles. The second-order valence-corrected chi connectivity index (χ2v) is 9.79. The van der Waals surface area contributed by atoms with Crippen LogP contribution in [0.3, 0.4) is 0 Å². The van der Waals surface area contributed by atoms with Crippen LogP contribution in [0.5, 0.6) is 0 Å². The van der Waals surface area contributed by atoms with Crippen LogP contribution < -0.4 is 10.2 Å². The minimum absolute atomic E-state index is 0.235. The number of hydrogen-bond acceptors (Lipinski definition) is 4. The minimum atomic E-state index is -1.56.